The minimum atomic E-state index is 0.184. The van der Waals surface area contributed by atoms with Crippen LogP contribution in [0.25, 0.3) is 0 Å². The first kappa shape index (κ1) is 15.5. The highest BCUT2D eigenvalue weighted by Gasteiger charge is 2.08. The maximum Gasteiger partial charge on any atom is 0.213 e. The van der Waals surface area contributed by atoms with Crippen molar-refractivity contribution in [2.45, 2.75) is 46.4 Å². The molecule has 5 heteroatoms. The molecular weight excluding hydrogens is 264 g/mol. The summed E-state index contributed by atoms with van der Waals surface area (Å²) in [7, 11) is 0. The summed E-state index contributed by atoms with van der Waals surface area (Å²) in [5.41, 5.74) is 1.16. The number of hydrogen-bond acceptors (Lipinski definition) is 4. The lowest BCUT2D eigenvalue weighted by Crippen LogP contribution is -2.16. The Hall–Kier alpha value is -1.88. The standard InChI is InChI=1S/C16H24N4O/c1-12(2)8-13(3)21-16-9-14(4-5-20-16)10-17-11-15-18-6-7-19-15/h4-7,9,12-13,17H,8,10-11H2,1-3H3,(H,18,19). The lowest BCUT2D eigenvalue weighted by molar-refractivity contribution is 0.185. The number of rotatable bonds is 8. The zero-order chi connectivity index (χ0) is 15.1. The number of aromatic nitrogens is 3. The van der Waals surface area contributed by atoms with E-state index in [1.165, 1.54) is 0 Å². The lowest BCUT2D eigenvalue weighted by atomic mass is 10.1. The maximum absolute atomic E-state index is 5.86. The third-order valence-corrected chi connectivity index (χ3v) is 3.10. The van der Waals surface area contributed by atoms with E-state index in [1.807, 2.05) is 18.3 Å². The highest BCUT2D eigenvalue weighted by atomic mass is 16.5. The Morgan fingerprint density at radius 2 is 2.05 bits per heavy atom. The summed E-state index contributed by atoms with van der Waals surface area (Å²) >= 11 is 0. The molecule has 2 aromatic heterocycles. The number of H-pyrrole nitrogens is 1. The Morgan fingerprint density at radius 3 is 2.76 bits per heavy atom. The topological polar surface area (TPSA) is 62.8 Å². The van der Waals surface area contributed by atoms with Crippen LogP contribution in [0.1, 0.15) is 38.6 Å². The summed E-state index contributed by atoms with van der Waals surface area (Å²) in [4.78, 5) is 11.5. The molecule has 0 fully saturated rings. The summed E-state index contributed by atoms with van der Waals surface area (Å²) in [5, 5.41) is 3.34. The van der Waals surface area contributed by atoms with Gasteiger partial charge in [-0.1, -0.05) is 13.8 Å². The number of ether oxygens (including phenoxy) is 1. The Balaban J connectivity index is 1.82. The van der Waals surface area contributed by atoms with Gasteiger partial charge in [0.2, 0.25) is 5.88 Å². The van der Waals surface area contributed by atoms with Crippen molar-refractivity contribution in [3.8, 4) is 5.88 Å². The SMILES string of the molecule is CC(C)CC(C)Oc1cc(CNCc2ncc[nH]2)ccn1. The molecule has 1 unspecified atom stereocenters. The fourth-order valence-corrected chi connectivity index (χ4v) is 2.26. The van der Waals surface area contributed by atoms with Crippen LogP contribution >= 0.6 is 0 Å². The minimum Gasteiger partial charge on any atom is -0.475 e. The highest BCUT2D eigenvalue weighted by molar-refractivity contribution is 5.20. The van der Waals surface area contributed by atoms with Crippen molar-refractivity contribution >= 4 is 0 Å². The average Bonchev–Trinajstić information content (AvgIpc) is 2.91. The van der Waals surface area contributed by atoms with E-state index in [0.717, 1.165) is 30.9 Å². The van der Waals surface area contributed by atoms with Gasteiger partial charge in [0.25, 0.3) is 0 Å². The molecule has 2 rings (SSSR count). The molecule has 2 aromatic rings. The summed E-state index contributed by atoms with van der Waals surface area (Å²) < 4.78 is 5.86. The van der Waals surface area contributed by atoms with Gasteiger partial charge in [-0.25, -0.2) is 9.97 Å². The number of nitrogens with zero attached hydrogens (tertiary/aromatic N) is 2. The second-order valence-corrected chi connectivity index (χ2v) is 5.70. The van der Waals surface area contributed by atoms with Crippen LogP contribution in [0, 0.1) is 5.92 Å². The van der Waals surface area contributed by atoms with Crippen LogP contribution in [-0.2, 0) is 13.1 Å². The molecule has 0 aromatic carbocycles. The molecule has 0 saturated carbocycles. The molecule has 5 nitrogen and oxygen atoms in total. The molecule has 0 radical (unpaired) electrons. The molecule has 0 aliphatic rings. The number of hydrogen-bond donors (Lipinski definition) is 2. The zero-order valence-corrected chi connectivity index (χ0v) is 13.0. The molecule has 0 amide bonds. The summed E-state index contributed by atoms with van der Waals surface area (Å²) in [6.45, 7) is 7.96. The Morgan fingerprint density at radius 1 is 1.19 bits per heavy atom. The lowest BCUT2D eigenvalue weighted by Gasteiger charge is -2.16. The molecule has 114 valence electrons. The van der Waals surface area contributed by atoms with Crippen LogP contribution in [0.15, 0.2) is 30.7 Å². The third-order valence-electron chi connectivity index (χ3n) is 3.10. The molecule has 0 aliphatic carbocycles. The van der Waals surface area contributed by atoms with Gasteiger partial charge in [0.05, 0.1) is 12.6 Å². The predicted molar refractivity (Wildman–Crippen MR) is 82.9 cm³/mol. The van der Waals surface area contributed by atoms with Gasteiger partial charge in [0.1, 0.15) is 5.82 Å². The minimum absolute atomic E-state index is 0.184. The fraction of sp³-hybridized carbons (Fsp3) is 0.500. The van der Waals surface area contributed by atoms with Crippen molar-refractivity contribution in [1.82, 2.24) is 20.3 Å². The van der Waals surface area contributed by atoms with Crippen LogP contribution in [0.2, 0.25) is 0 Å². The van der Waals surface area contributed by atoms with Crippen molar-refractivity contribution in [3.05, 3.63) is 42.1 Å². The summed E-state index contributed by atoms with van der Waals surface area (Å²) in [5.74, 6) is 2.25. The van der Waals surface area contributed by atoms with Gasteiger partial charge in [-0.15, -0.1) is 0 Å². The molecule has 2 N–H and O–H groups in total. The molecule has 21 heavy (non-hydrogen) atoms. The van der Waals surface area contributed by atoms with Gasteiger partial charge in [-0.3, -0.25) is 0 Å². The van der Waals surface area contributed by atoms with E-state index in [4.69, 9.17) is 4.74 Å². The normalized spacial score (nSPS) is 12.6. The predicted octanol–water partition coefficient (Wildman–Crippen LogP) is 2.91. The quantitative estimate of drug-likeness (QED) is 0.784. The van der Waals surface area contributed by atoms with E-state index in [0.29, 0.717) is 11.8 Å². The average molecular weight is 288 g/mol. The van der Waals surface area contributed by atoms with Crippen LogP contribution in [0.4, 0.5) is 0 Å². The second-order valence-electron chi connectivity index (χ2n) is 5.70. The smallest absolute Gasteiger partial charge is 0.213 e. The Labute approximate surface area is 126 Å². The van der Waals surface area contributed by atoms with Gasteiger partial charge in [0, 0.05) is 31.2 Å². The van der Waals surface area contributed by atoms with Gasteiger partial charge < -0.3 is 15.0 Å². The number of imidazole rings is 1. The van der Waals surface area contributed by atoms with Crippen molar-refractivity contribution < 1.29 is 4.74 Å². The Kier molecular flexibility index (Phi) is 5.75. The van der Waals surface area contributed by atoms with E-state index in [2.05, 4.69) is 41.0 Å². The van der Waals surface area contributed by atoms with Gasteiger partial charge in [0.15, 0.2) is 0 Å². The molecule has 1 atom stereocenters. The zero-order valence-electron chi connectivity index (χ0n) is 13.0. The first-order valence-electron chi connectivity index (χ1n) is 7.44. The highest BCUT2D eigenvalue weighted by Crippen LogP contribution is 2.14. The first-order chi connectivity index (χ1) is 10.1. The van der Waals surface area contributed by atoms with Crippen molar-refractivity contribution in [2.75, 3.05) is 0 Å². The number of nitrogens with one attached hydrogen (secondary N) is 2. The maximum atomic E-state index is 5.86. The molecular formula is C16H24N4O. The largest absolute Gasteiger partial charge is 0.475 e. The van der Waals surface area contributed by atoms with Crippen molar-refractivity contribution in [3.63, 3.8) is 0 Å². The van der Waals surface area contributed by atoms with E-state index in [9.17, 15) is 0 Å². The third kappa shape index (κ3) is 5.55. The molecule has 0 saturated heterocycles. The number of pyridine rings is 1. The monoisotopic (exact) mass is 288 g/mol. The molecule has 0 spiro atoms. The van der Waals surface area contributed by atoms with Crippen molar-refractivity contribution in [2.24, 2.45) is 5.92 Å². The van der Waals surface area contributed by atoms with Crippen molar-refractivity contribution in [1.29, 1.82) is 0 Å². The van der Waals surface area contributed by atoms with Crippen LogP contribution in [0.3, 0.4) is 0 Å². The molecule has 0 aliphatic heterocycles. The van der Waals surface area contributed by atoms with Gasteiger partial charge >= 0.3 is 0 Å². The van der Waals surface area contributed by atoms with E-state index < -0.39 is 0 Å². The van der Waals surface area contributed by atoms with Gasteiger partial charge in [-0.05, 0) is 30.9 Å². The van der Waals surface area contributed by atoms with E-state index in [-0.39, 0.29) is 6.10 Å². The number of aromatic amines is 1. The molecule has 0 bridgehead atoms. The fourth-order valence-electron chi connectivity index (χ4n) is 2.26. The van der Waals surface area contributed by atoms with Crippen LogP contribution in [0.5, 0.6) is 5.88 Å². The Bertz CT molecular complexity index is 525. The second kappa shape index (κ2) is 7.78. The van der Waals surface area contributed by atoms with Gasteiger partial charge in [-0.2, -0.15) is 0 Å². The molecule has 2 heterocycles. The summed E-state index contributed by atoms with van der Waals surface area (Å²) in [6.07, 6.45) is 6.59. The van der Waals surface area contributed by atoms with Crippen LogP contribution < -0.4 is 10.1 Å². The van der Waals surface area contributed by atoms with E-state index in [1.54, 1.807) is 12.4 Å². The first-order valence-corrected chi connectivity index (χ1v) is 7.44. The van der Waals surface area contributed by atoms with Crippen LogP contribution in [-0.4, -0.2) is 21.1 Å². The van der Waals surface area contributed by atoms with E-state index >= 15 is 0 Å². The summed E-state index contributed by atoms with van der Waals surface area (Å²) in [6, 6.07) is 3.99.